The molecule has 0 aliphatic rings. The van der Waals surface area contributed by atoms with Crippen molar-refractivity contribution >= 4 is 5.91 Å². The first-order valence-electron chi connectivity index (χ1n) is 15.5. The van der Waals surface area contributed by atoms with E-state index < -0.39 is 24.2 Å². The topological polar surface area (TPSA) is 89.8 Å². The van der Waals surface area contributed by atoms with Gasteiger partial charge in [-0.05, 0) is 32.1 Å². The van der Waals surface area contributed by atoms with E-state index in [0.29, 0.717) is 12.8 Å². The van der Waals surface area contributed by atoms with Crippen molar-refractivity contribution in [3.05, 3.63) is 12.2 Å². The van der Waals surface area contributed by atoms with Crippen molar-refractivity contribution in [3.8, 4) is 0 Å². The third-order valence-electron chi connectivity index (χ3n) is 7.13. The van der Waals surface area contributed by atoms with Gasteiger partial charge in [0.1, 0.15) is 6.10 Å². The fraction of sp³-hybridized carbons (Fsp3) is 0.903. The van der Waals surface area contributed by atoms with Gasteiger partial charge in [-0.1, -0.05) is 135 Å². The van der Waals surface area contributed by atoms with Crippen molar-refractivity contribution in [2.24, 2.45) is 0 Å². The smallest absolute Gasteiger partial charge is 0.249 e. The second-order valence-electron chi connectivity index (χ2n) is 10.7. The van der Waals surface area contributed by atoms with Crippen LogP contribution < -0.4 is 5.32 Å². The van der Waals surface area contributed by atoms with Gasteiger partial charge < -0.3 is 20.6 Å². The molecule has 0 saturated carbocycles. The largest absolute Gasteiger partial charge is 0.394 e. The molecule has 0 spiro atoms. The van der Waals surface area contributed by atoms with Gasteiger partial charge in [0, 0.05) is 0 Å². The van der Waals surface area contributed by atoms with E-state index in [0.717, 1.165) is 44.9 Å². The Hall–Kier alpha value is -0.910. The van der Waals surface area contributed by atoms with E-state index in [1.807, 2.05) is 0 Å². The average Bonchev–Trinajstić information content (AvgIpc) is 2.88. The Kier molecular flexibility index (Phi) is 26.4. The Morgan fingerprint density at radius 2 is 1.08 bits per heavy atom. The quantitative estimate of drug-likeness (QED) is 0.0685. The number of rotatable bonds is 27. The first-order valence-corrected chi connectivity index (χ1v) is 15.5. The summed E-state index contributed by atoms with van der Waals surface area (Å²) < 4.78 is 0. The normalized spacial score (nSPS) is 14.2. The first-order chi connectivity index (χ1) is 17.6. The minimum Gasteiger partial charge on any atom is -0.394 e. The summed E-state index contributed by atoms with van der Waals surface area (Å²) in [6, 6.07) is -0.710. The standard InChI is InChI=1S/C31H61NO4/c1-3-5-7-9-11-13-14-15-16-18-19-21-23-25-29(34)28(27-33)32-31(36)30(35)26-24-22-20-17-12-10-8-6-4-2/h10,12,28-30,33-35H,3-9,11,13-27H2,1-2H3,(H,32,36)/b12-10-. The molecule has 0 aromatic rings. The monoisotopic (exact) mass is 511 g/mol. The van der Waals surface area contributed by atoms with Crippen LogP contribution in [0.25, 0.3) is 0 Å². The maximum Gasteiger partial charge on any atom is 0.249 e. The number of nitrogens with one attached hydrogen (secondary N) is 1. The second kappa shape index (κ2) is 27.1. The Morgan fingerprint density at radius 1 is 0.639 bits per heavy atom. The Morgan fingerprint density at radius 3 is 1.61 bits per heavy atom. The van der Waals surface area contributed by atoms with Gasteiger partial charge in [0.15, 0.2) is 0 Å². The fourth-order valence-electron chi connectivity index (χ4n) is 4.58. The van der Waals surface area contributed by atoms with Gasteiger partial charge in [-0.15, -0.1) is 0 Å². The molecule has 36 heavy (non-hydrogen) atoms. The molecular formula is C31H61NO4. The number of carbonyl (C=O) groups excluding carboxylic acids is 1. The highest BCUT2D eigenvalue weighted by atomic mass is 16.3. The number of allylic oxidation sites excluding steroid dienone is 2. The second-order valence-corrected chi connectivity index (χ2v) is 10.7. The molecule has 0 saturated heterocycles. The lowest BCUT2D eigenvalue weighted by atomic mass is 10.0. The van der Waals surface area contributed by atoms with Crippen LogP contribution in [-0.2, 0) is 4.79 Å². The van der Waals surface area contributed by atoms with Gasteiger partial charge in [0.05, 0.1) is 18.8 Å². The maximum atomic E-state index is 12.3. The summed E-state index contributed by atoms with van der Waals surface area (Å²) >= 11 is 0. The highest BCUT2D eigenvalue weighted by Gasteiger charge is 2.23. The molecule has 0 radical (unpaired) electrons. The minimum atomic E-state index is -1.08. The number of aliphatic hydroxyl groups is 3. The molecule has 0 bridgehead atoms. The molecule has 214 valence electrons. The molecule has 0 aromatic carbocycles. The van der Waals surface area contributed by atoms with Crippen LogP contribution in [-0.4, -0.2) is 46.1 Å². The predicted molar refractivity (Wildman–Crippen MR) is 153 cm³/mol. The third-order valence-corrected chi connectivity index (χ3v) is 7.13. The lowest BCUT2D eigenvalue weighted by Gasteiger charge is -2.23. The summed E-state index contributed by atoms with van der Waals surface area (Å²) in [5, 5.41) is 32.8. The van der Waals surface area contributed by atoms with Crippen LogP contribution in [0.3, 0.4) is 0 Å². The maximum absolute atomic E-state index is 12.3. The third kappa shape index (κ3) is 22.3. The van der Waals surface area contributed by atoms with Crippen LogP contribution >= 0.6 is 0 Å². The van der Waals surface area contributed by atoms with Crippen LogP contribution in [0.4, 0.5) is 0 Å². The number of hydrogen-bond donors (Lipinski definition) is 4. The zero-order chi connectivity index (χ0) is 26.7. The molecule has 4 N–H and O–H groups in total. The molecule has 3 unspecified atom stereocenters. The Bertz CT molecular complexity index is 497. The SMILES string of the molecule is CCCC/C=C\CCCCCC(O)C(=O)NC(CO)C(O)CCCCCCCCCCCCCCC. The number of unbranched alkanes of at least 4 members (excludes halogenated alkanes) is 17. The van der Waals surface area contributed by atoms with E-state index in [1.165, 1.54) is 83.5 Å². The molecule has 0 aliphatic carbocycles. The predicted octanol–water partition coefficient (Wildman–Crippen LogP) is 7.36. The lowest BCUT2D eigenvalue weighted by Crippen LogP contribution is -2.49. The van der Waals surface area contributed by atoms with Crippen molar-refractivity contribution in [1.29, 1.82) is 0 Å². The minimum absolute atomic E-state index is 0.317. The molecule has 0 rings (SSSR count). The summed E-state index contributed by atoms with van der Waals surface area (Å²) in [7, 11) is 0. The summed E-state index contributed by atoms with van der Waals surface area (Å²) in [6.45, 7) is 4.13. The van der Waals surface area contributed by atoms with E-state index in [2.05, 4.69) is 31.3 Å². The highest BCUT2D eigenvalue weighted by Crippen LogP contribution is 2.14. The molecule has 0 aromatic heterocycles. The average molecular weight is 512 g/mol. The number of carbonyl (C=O) groups is 1. The van der Waals surface area contributed by atoms with Crippen LogP contribution in [0.1, 0.15) is 155 Å². The summed E-state index contributed by atoms with van der Waals surface area (Å²) in [4.78, 5) is 12.3. The van der Waals surface area contributed by atoms with Gasteiger partial charge in [0.25, 0.3) is 0 Å². The van der Waals surface area contributed by atoms with Crippen molar-refractivity contribution in [2.45, 2.75) is 173 Å². The van der Waals surface area contributed by atoms with Gasteiger partial charge in [-0.2, -0.15) is 0 Å². The number of hydrogen-bond acceptors (Lipinski definition) is 4. The number of amides is 1. The summed E-state index contributed by atoms with van der Waals surface area (Å²) in [6.07, 6.45) is 27.6. The van der Waals surface area contributed by atoms with E-state index in [-0.39, 0.29) is 6.61 Å². The zero-order valence-electron chi connectivity index (χ0n) is 23.9. The van der Waals surface area contributed by atoms with Gasteiger partial charge >= 0.3 is 0 Å². The van der Waals surface area contributed by atoms with Crippen LogP contribution in [0, 0.1) is 0 Å². The highest BCUT2D eigenvalue weighted by molar-refractivity contribution is 5.80. The van der Waals surface area contributed by atoms with Crippen LogP contribution in [0.2, 0.25) is 0 Å². The van der Waals surface area contributed by atoms with Crippen molar-refractivity contribution < 1.29 is 20.1 Å². The molecule has 3 atom stereocenters. The van der Waals surface area contributed by atoms with E-state index in [1.54, 1.807) is 0 Å². The molecule has 0 heterocycles. The number of aliphatic hydroxyl groups excluding tert-OH is 3. The molecule has 5 nitrogen and oxygen atoms in total. The molecule has 5 heteroatoms. The molecular weight excluding hydrogens is 450 g/mol. The summed E-state index contributed by atoms with van der Waals surface area (Å²) in [5.74, 6) is -0.488. The van der Waals surface area contributed by atoms with Gasteiger partial charge in [-0.25, -0.2) is 0 Å². The van der Waals surface area contributed by atoms with Crippen LogP contribution in [0.5, 0.6) is 0 Å². The molecule has 0 fully saturated rings. The Balaban J connectivity index is 3.76. The van der Waals surface area contributed by atoms with Crippen molar-refractivity contribution in [1.82, 2.24) is 5.32 Å². The van der Waals surface area contributed by atoms with Crippen molar-refractivity contribution in [2.75, 3.05) is 6.61 Å². The van der Waals surface area contributed by atoms with E-state index >= 15 is 0 Å². The van der Waals surface area contributed by atoms with Crippen LogP contribution in [0.15, 0.2) is 12.2 Å². The van der Waals surface area contributed by atoms with Crippen molar-refractivity contribution in [3.63, 3.8) is 0 Å². The first kappa shape index (κ1) is 35.1. The molecule has 0 aliphatic heterocycles. The fourth-order valence-corrected chi connectivity index (χ4v) is 4.58. The lowest BCUT2D eigenvalue weighted by molar-refractivity contribution is -0.131. The van der Waals surface area contributed by atoms with Gasteiger partial charge in [-0.3, -0.25) is 4.79 Å². The van der Waals surface area contributed by atoms with E-state index in [4.69, 9.17) is 0 Å². The Labute approximate surface area is 223 Å². The van der Waals surface area contributed by atoms with Gasteiger partial charge in [0.2, 0.25) is 5.91 Å². The van der Waals surface area contributed by atoms with E-state index in [9.17, 15) is 20.1 Å². The summed E-state index contributed by atoms with van der Waals surface area (Å²) in [5.41, 5.74) is 0. The zero-order valence-corrected chi connectivity index (χ0v) is 23.9. The molecule has 1 amide bonds.